The maximum Gasteiger partial charge on any atom is 0.319 e. The zero-order valence-corrected chi connectivity index (χ0v) is 13.9. The molecule has 0 aromatic heterocycles. The summed E-state index contributed by atoms with van der Waals surface area (Å²) in [4.78, 5) is 26.1. The molecular formula is C19H21N3O2. The van der Waals surface area contributed by atoms with E-state index in [0.29, 0.717) is 6.54 Å². The van der Waals surface area contributed by atoms with Gasteiger partial charge in [0.15, 0.2) is 0 Å². The number of aryl methyl sites for hydroxylation is 1. The SMILES string of the molecule is Cc1cccc(NC(=O)NCC(=O)N2CCc3ccccc32)c1C. The molecule has 24 heavy (non-hydrogen) atoms. The number of carbonyl (C=O) groups excluding carboxylic acids is 2. The molecule has 1 aliphatic rings. The highest BCUT2D eigenvalue weighted by Gasteiger charge is 2.24. The second-order valence-electron chi connectivity index (χ2n) is 5.98. The molecule has 0 saturated carbocycles. The second kappa shape index (κ2) is 6.74. The number of amides is 3. The van der Waals surface area contributed by atoms with Crippen molar-refractivity contribution < 1.29 is 9.59 Å². The first-order valence-electron chi connectivity index (χ1n) is 8.05. The molecule has 2 aromatic rings. The number of nitrogens with zero attached hydrogens (tertiary/aromatic N) is 1. The summed E-state index contributed by atoms with van der Waals surface area (Å²) in [5.41, 5.74) is 5.00. The first kappa shape index (κ1) is 16.1. The topological polar surface area (TPSA) is 61.4 Å². The van der Waals surface area contributed by atoms with Crippen LogP contribution in [0.1, 0.15) is 16.7 Å². The van der Waals surface area contributed by atoms with Crippen molar-refractivity contribution in [1.29, 1.82) is 0 Å². The number of fused-ring (bicyclic) bond motifs is 1. The molecule has 0 fully saturated rings. The largest absolute Gasteiger partial charge is 0.329 e. The van der Waals surface area contributed by atoms with Gasteiger partial charge in [-0.3, -0.25) is 4.79 Å². The second-order valence-corrected chi connectivity index (χ2v) is 5.98. The average molecular weight is 323 g/mol. The van der Waals surface area contributed by atoms with Crippen molar-refractivity contribution in [2.75, 3.05) is 23.3 Å². The van der Waals surface area contributed by atoms with Crippen LogP contribution in [0.3, 0.4) is 0 Å². The highest BCUT2D eigenvalue weighted by atomic mass is 16.2. The first-order valence-corrected chi connectivity index (χ1v) is 8.05. The van der Waals surface area contributed by atoms with Crippen LogP contribution in [-0.4, -0.2) is 25.0 Å². The van der Waals surface area contributed by atoms with Crippen LogP contribution >= 0.6 is 0 Å². The summed E-state index contributed by atoms with van der Waals surface area (Å²) in [6.07, 6.45) is 0.858. The van der Waals surface area contributed by atoms with Crippen molar-refractivity contribution in [2.24, 2.45) is 0 Å². The zero-order valence-electron chi connectivity index (χ0n) is 13.9. The van der Waals surface area contributed by atoms with Gasteiger partial charge in [0, 0.05) is 17.9 Å². The fourth-order valence-electron chi connectivity index (χ4n) is 2.90. The van der Waals surface area contributed by atoms with Crippen LogP contribution in [0.25, 0.3) is 0 Å². The maximum atomic E-state index is 12.4. The predicted molar refractivity (Wildman–Crippen MR) is 95.4 cm³/mol. The van der Waals surface area contributed by atoms with Crippen molar-refractivity contribution in [2.45, 2.75) is 20.3 Å². The van der Waals surface area contributed by atoms with Crippen LogP contribution in [0.15, 0.2) is 42.5 Å². The highest BCUT2D eigenvalue weighted by Crippen LogP contribution is 2.27. The lowest BCUT2D eigenvalue weighted by molar-refractivity contribution is -0.117. The molecule has 1 aliphatic heterocycles. The zero-order chi connectivity index (χ0) is 17.1. The van der Waals surface area contributed by atoms with Crippen molar-refractivity contribution in [3.05, 3.63) is 59.2 Å². The van der Waals surface area contributed by atoms with Crippen LogP contribution in [-0.2, 0) is 11.2 Å². The van der Waals surface area contributed by atoms with E-state index in [1.807, 2.05) is 56.3 Å². The molecule has 3 rings (SSSR count). The quantitative estimate of drug-likeness (QED) is 0.912. The lowest BCUT2D eigenvalue weighted by Crippen LogP contribution is -2.41. The Balaban J connectivity index is 1.57. The number of para-hydroxylation sites is 1. The van der Waals surface area contributed by atoms with E-state index in [4.69, 9.17) is 0 Å². The molecule has 124 valence electrons. The summed E-state index contributed by atoms with van der Waals surface area (Å²) in [6.45, 7) is 4.59. The summed E-state index contributed by atoms with van der Waals surface area (Å²) in [5, 5.41) is 5.44. The molecule has 2 N–H and O–H groups in total. The van der Waals surface area contributed by atoms with Crippen molar-refractivity contribution in [3.63, 3.8) is 0 Å². The van der Waals surface area contributed by atoms with E-state index in [0.717, 1.165) is 28.9 Å². The van der Waals surface area contributed by atoms with Gasteiger partial charge in [-0.05, 0) is 49.1 Å². The molecule has 1 heterocycles. The van der Waals surface area contributed by atoms with Crippen molar-refractivity contribution in [1.82, 2.24) is 5.32 Å². The van der Waals surface area contributed by atoms with Gasteiger partial charge in [-0.1, -0.05) is 30.3 Å². The first-order chi connectivity index (χ1) is 11.6. The Bertz CT molecular complexity index is 786. The third kappa shape index (κ3) is 3.25. The fourth-order valence-corrected chi connectivity index (χ4v) is 2.90. The van der Waals surface area contributed by atoms with Gasteiger partial charge in [0.2, 0.25) is 5.91 Å². The minimum atomic E-state index is -0.371. The Morgan fingerprint density at radius 2 is 1.88 bits per heavy atom. The number of nitrogens with one attached hydrogen (secondary N) is 2. The molecule has 0 unspecified atom stereocenters. The number of carbonyl (C=O) groups is 2. The molecule has 5 heteroatoms. The van der Waals surface area contributed by atoms with Crippen LogP contribution in [0.5, 0.6) is 0 Å². The fraction of sp³-hybridized carbons (Fsp3) is 0.263. The van der Waals surface area contributed by atoms with E-state index in [1.54, 1.807) is 4.90 Å². The summed E-state index contributed by atoms with van der Waals surface area (Å²) in [5.74, 6) is -0.101. The lowest BCUT2D eigenvalue weighted by atomic mass is 10.1. The lowest BCUT2D eigenvalue weighted by Gasteiger charge is -2.18. The summed E-state index contributed by atoms with van der Waals surface area (Å²) in [6, 6.07) is 13.2. The van der Waals surface area contributed by atoms with E-state index >= 15 is 0 Å². The van der Waals surface area contributed by atoms with E-state index in [-0.39, 0.29) is 18.5 Å². The minimum absolute atomic E-state index is 0.0228. The summed E-state index contributed by atoms with van der Waals surface area (Å²) >= 11 is 0. The van der Waals surface area contributed by atoms with Gasteiger partial charge in [-0.2, -0.15) is 0 Å². The van der Waals surface area contributed by atoms with Gasteiger partial charge in [0.05, 0.1) is 6.54 Å². The number of urea groups is 1. The highest BCUT2D eigenvalue weighted by molar-refractivity contribution is 6.00. The van der Waals surface area contributed by atoms with Crippen molar-refractivity contribution in [3.8, 4) is 0 Å². The Labute approximate surface area is 141 Å². The molecule has 0 aliphatic carbocycles. The number of hydrogen-bond donors (Lipinski definition) is 2. The molecule has 0 saturated heterocycles. The molecule has 0 atom stereocenters. The third-order valence-electron chi connectivity index (χ3n) is 4.44. The van der Waals surface area contributed by atoms with Crippen LogP contribution in [0.2, 0.25) is 0 Å². The van der Waals surface area contributed by atoms with Gasteiger partial charge in [-0.25, -0.2) is 4.79 Å². The molecule has 0 radical (unpaired) electrons. The Hall–Kier alpha value is -2.82. The smallest absolute Gasteiger partial charge is 0.319 e. The monoisotopic (exact) mass is 323 g/mol. The van der Waals surface area contributed by atoms with Crippen LogP contribution < -0.4 is 15.5 Å². The molecule has 3 amide bonds. The van der Waals surface area contributed by atoms with Gasteiger partial charge in [0.1, 0.15) is 0 Å². The normalized spacial score (nSPS) is 12.7. The Morgan fingerprint density at radius 1 is 1.08 bits per heavy atom. The molecular weight excluding hydrogens is 302 g/mol. The molecule has 0 bridgehead atoms. The number of rotatable bonds is 3. The number of benzene rings is 2. The molecule has 0 spiro atoms. The Kier molecular flexibility index (Phi) is 4.51. The maximum absolute atomic E-state index is 12.4. The summed E-state index contributed by atoms with van der Waals surface area (Å²) in [7, 11) is 0. The minimum Gasteiger partial charge on any atom is -0.329 e. The molecule has 2 aromatic carbocycles. The average Bonchev–Trinajstić information content (AvgIpc) is 3.01. The van der Waals surface area contributed by atoms with Gasteiger partial charge in [-0.15, -0.1) is 0 Å². The number of anilines is 2. The third-order valence-corrected chi connectivity index (χ3v) is 4.44. The van der Waals surface area contributed by atoms with E-state index in [2.05, 4.69) is 10.6 Å². The Morgan fingerprint density at radius 3 is 2.71 bits per heavy atom. The van der Waals surface area contributed by atoms with Gasteiger partial charge in [0.25, 0.3) is 0 Å². The van der Waals surface area contributed by atoms with Crippen LogP contribution in [0.4, 0.5) is 16.2 Å². The van der Waals surface area contributed by atoms with E-state index in [1.165, 1.54) is 5.56 Å². The standard InChI is InChI=1S/C19H21N3O2/c1-13-6-5-8-16(14(13)2)21-19(24)20-12-18(23)22-11-10-15-7-3-4-9-17(15)22/h3-9H,10-12H2,1-2H3,(H2,20,21,24). The van der Waals surface area contributed by atoms with E-state index in [9.17, 15) is 9.59 Å². The van der Waals surface area contributed by atoms with Crippen LogP contribution in [0, 0.1) is 13.8 Å². The van der Waals surface area contributed by atoms with E-state index < -0.39 is 0 Å². The predicted octanol–water partition coefficient (Wildman–Crippen LogP) is 3.01. The van der Waals surface area contributed by atoms with Gasteiger partial charge < -0.3 is 15.5 Å². The van der Waals surface area contributed by atoms with Gasteiger partial charge >= 0.3 is 6.03 Å². The summed E-state index contributed by atoms with van der Waals surface area (Å²) < 4.78 is 0. The number of hydrogen-bond acceptors (Lipinski definition) is 2. The molecule has 5 nitrogen and oxygen atoms in total. The van der Waals surface area contributed by atoms with Crippen molar-refractivity contribution >= 4 is 23.3 Å².